The summed E-state index contributed by atoms with van der Waals surface area (Å²) in [6.45, 7) is 4.48. The van der Waals surface area contributed by atoms with E-state index in [9.17, 15) is 4.79 Å². The molecule has 1 aliphatic heterocycles. The third-order valence-electron chi connectivity index (χ3n) is 2.27. The topological polar surface area (TPSA) is 53.3 Å². The normalized spacial score (nSPS) is 15.2. The van der Waals surface area contributed by atoms with Crippen LogP contribution in [0.5, 0.6) is 0 Å². The van der Waals surface area contributed by atoms with E-state index in [1.807, 2.05) is 19.9 Å². The second kappa shape index (κ2) is 5.40. The summed E-state index contributed by atoms with van der Waals surface area (Å²) in [5.41, 5.74) is 0. The van der Waals surface area contributed by atoms with Crippen molar-refractivity contribution in [3.8, 4) is 6.07 Å². The van der Waals surface area contributed by atoms with Crippen LogP contribution in [-0.4, -0.2) is 30.0 Å². The van der Waals surface area contributed by atoms with E-state index in [0.29, 0.717) is 12.4 Å². The fraction of sp³-hybridized carbons (Fsp3) is 0.636. The van der Waals surface area contributed by atoms with Crippen LogP contribution in [0, 0.1) is 11.3 Å². The second-order valence-electron chi connectivity index (χ2n) is 3.74. The van der Waals surface area contributed by atoms with Crippen molar-refractivity contribution in [3.05, 3.63) is 11.8 Å². The Morgan fingerprint density at radius 3 is 2.93 bits per heavy atom. The number of rotatable bonds is 3. The molecule has 1 amide bonds. The summed E-state index contributed by atoms with van der Waals surface area (Å²) >= 11 is 0. The first-order valence-corrected chi connectivity index (χ1v) is 5.17. The van der Waals surface area contributed by atoms with Gasteiger partial charge in [0.25, 0.3) is 5.91 Å². The van der Waals surface area contributed by atoms with E-state index in [1.54, 1.807) is 6.08 Å². The van der Waals surface area contributed by atoms with Crippen LogP contribution in [0.15, 0.2) is 11.8 Å². The third kappa shape index (κ3) is 2.98. The lowest BCUT2D eigenvalue weighted by molar-refractivity contribution is -0.132. The fourth-order valence-electron chi connectivity index (χ4n) is 1.41. The van der Waals surface area contributed by atoms with E-state index in [-0.39, 0.29) is 18.5 Å². The van der Waals surface area contributed by atoms with Crippen LogP contribution in [-0.2, 0) is 9.53 Å². The molecule has 0 atom stereocenters. The van der Waals surface area contributed by atoms with E-state index < -0.39 is 0 Å². The van der Waals surface area contributed by atoms with Crippen molar-refractivity contribution in [1.29, 1.82) is 5.26 Å². The van der Waals surface area contributed by atoms with Gasteiger partial charge in [-0.15, -0.1) is 0 Å². The lowest BCUT2D eigenvalue weighted by atomic mass is 10.2. The highest BCUT2D eigenvalue weighted by Crippen LogP contribution is 2.14. The molecular formula is C11H16N2O2. The Morgan fingerprint density at radius 2 is 2.47 bits per heavy atom. The van der Waals surface area contributed by atoms with Gasteiger partial charge in [-0.1, -0.05) is 0 Å². The number of hydrogen-bond donors (Lipinski definition) is 0. The number of ether oxygens (including phenoxy) is 1. The highest BCUT2D eigenvalue weighted by atomic mass is 16.5. The minimum atomic E-state index is -0.175. The van der Waals surface area contributed by atoms with Crippen molar-refractivity contribution in [2.75, 3.05) is 13.2 Å². The molecule has 0 spiro atoms. The minimum Gasteiger partial charge on any atom is -0.488 e. The molecule has 0 aromatic carbocycles. The smallest absolute Gasteiger partial charge is 0.289 e. The molecule has 1 heterocycles. The van der Waals surface area contributed by atoms with Crippen LogP contribution in [0.1, 0.15) is 26.7 Å². The summed E-state index contributed by atoms with van der Waals surface area (Å²) in [6, 6.07) is 2.01. The second-order valence-corrected chi connectivity index (χ2v) is 3.74. The molecule has 0 N–H and O–H groups in total. The fourth-order valence-corrected chi connectivity index (χ4v) is 1.41. The molecule has 0 saturated heterocycles. The number of nitrogens with zero attached hydrogens (tertiary/aromatic N) is 2. The Hall–Kier alpha value is -1.50. The van der Waals surface area contributed by atoms with E-state index in [0.717, 1.165) is 12.8 Å². The number of carbonyl (C=O) groups is 1. The molecule has 0 bridgehead atoms. The van der Waals surface area contributed by atoms with E-state index >= 15 is 0 Å². The van der Waals surface area contributed by atoms with Gasteiger partial charge in [-0.25, -0.2) is 0 Å². The Bertz CT molecular complexity index is 302. The molecular weight excluding hydrogens is 192 g/mol. The maximum atomic E-state index is 11.9. The summed E-state index contributed by atoms with van der Waals surface area (Å²) in [6.07, 6.45) is 3.63. The Morgan fingerprint density at radius 1 is 1.73 bits per heavy atom. The maximum absolute atomic E-state index is 11.9. The molecule has 0 fully saturated rings. The zero-order chi connectivity index (χ0) is 11.3. The first-order chi connectivity index (χ1) is 7.16. The lowest BCUT2D eigenvalue weighted by Gasteiger charge is -2.26. The average molecular weight is 208 g/mol. The van der Waals surface area contributed by atoms with Gasteiger partial charge in [0.2, 0.25) is 0 Å². The quantitative estimate of drug-likeness (QED) is 0.659. The van der Waals surface area contributed by atoms with Gasteiger partial charge in [0, 0.05) is 6.04 Å². The predicted octanol–water partition coefficient (Wildman–Crippen LogP) is 1.44. The Kier molecular flexibility index (Phi) is 4.17. The van der Waals surface area contributed by atoms with Crippen molar-refractivity contribution >= 4 is 5.91 Å². The molecule has 4 heteroatoms. The average Bonchev–Trinajstić information content (AvgIpc) is 2.26. The minimum absolute atomic E-state index is 0.0172. The van der Waals surface area contributed by atoms with Gasteiger partial charge >= 0.3 is 0 Å². The van der Waals surface area contributed by atoms with Crippen molar-refractivity contribution in [3.63, 3.8) is 0 Å². The molecule has 0 aromatic rings. The number of nitriles is 1. The van der Waals surface area contributed by atoms with Gasteiger partial charge in [-0.2, -0.15) is 5.26 Å². The van der Waals surface area contributed by atoms with E-state index in [1.165, 1.54) is 4.90 Å². The van der Waals surface area contributed by atoms with Crippen LogP contribution in [0.4, 0.5) is 0 Å². The van der Waals surface area contributed by atoms with Crippen molar-refractivity contribution in [2.24, 2.45) is 0 Å². The van der Waals surface area contributed by atoms with Crippen LogP contribution < -0.4 is 0 Å². The van der Waals surface area contributed by atoms with Crippen molar-refractivity contribution in [2.45, 2.75) is 32.7 Å². The number of allylic oxidation sites excluding steroid dienone is 1. The van der Waals surface area contributed by atoms with E-state index in [2.05, 4.69) is 0 Å². The number of hydrogen-bond acceptors (Lipinski definition) is 3. The van der Waals surface area contributed by atoms with Crippen LogP contribution >= 0.6 is 0 Å². The van der Waals surface area contributed by atoms with Gasteiger partial charge in [0.15, 0.2) is 5.76 Å². The Labute approximate surface area is 90.1 Å². The lowest BCUT2D eigenvalue weighted by Crippen LogP contribution is -2.39. The van der Waals surface area contributed by atoms with Gasteiger partial charge in [0.05, 0.1) is 12.7 Å². The van der Waals surface area contributed by atoms with Crippen molar-refractivity contribution in [1.82, 2.24) is 4.90 Å². The third-order valence-corrected chi connectivity index (χ3v) is 2.27. The van der Waals surface area contributed by atoms with Gasteiger partial charge in [0.1, 0.15) is 6.54 Å². The van der Waals surface area contributed by atoms with Gasteiger partial charge < -0.3 is 9.64 Å². The van der Waals surface area contributed by atoms with Gasteiger partial charge in [-0.05, 0) is 32.8 Å². The molecule has 0 aromatic heterocycles. The summed E-state index contributed by atoms with van der Waals surface area (Å²) in [4.78, 5) is 13.4. The van der Waals surface area contributed by atoms with Crippen LogP contribution in [0.3, 0.4) is 0 Å². The molecule has 82 valence electrons. The molecule has 4 nitrogen and oxygen atoms in total. The number of amides is 1. The van der Waals surface area contributed by atoms with Crippen molar-refractivity contribution < 1.29 is 9.53 Å². The zero-order valence-electron chi connectivity index (χ0n) is 9.19. The first kappa shape index (κ1) is 11.6. The standard InChI is InChI=1S/C11H16N2O2/c1-9(2)13(7-6-12)11(14)10-5-3-4-8-15-10/h5,9H,3-4,7-8H2,1-2H3. The Balaban J connectivity index is 2.71. The first-order valence-electron chi connectivity index (χ1n) is 5.17. The molecule has 0 unspecified atom stereocenters. The summed E-state index contributed by atoms with van der Waals surface area (Å²) in [5, 5.41) is 8.63. The van der Waals surface area contributed by atoms with E-state index in [4.69, 9.17) is 10.00 Å². The molecule has 0 aliphatic carbocycles. The molecule has 0 radical (unpaired) electrons. The molecule has 15 heavy (non-hydrogen) atoms. The highest BCUT2D eigenvalue weighted by molar-refractivity contribution is 5.91. The number of carbonyl (C=O) groups excluding carboxylic acids is 1. The summed E-state index contributed by atoms with van der Waals surface area (Å²) in [5.74, 6) is 0.219. The largest absolute Gasteiger partial charge is 0.488 e. The summed E-state index contributed by atoms with van der Waals surface area (Å²) < 4.78 is 5.28. The molecule has 1 rings (SSSR count). The zero-order valence-corrected chi connectivity index (χ0v) is 9.19. The summed E-state index contributed by atoms with van der Waals surface area (Å²) in [7, 11) is 0. The van der Waals surface area contributed by atoms with Gasteiger partial charge in [-0.3, -0.25) is 4.79 Å². The highest BCUT2D eigenvalue weighted by Gasteiger charge is 2.22. The molecule has 0 saturated carbocycles. The van der Waals surface area contributed by atoms with Crippen LogP contribution in [0.2, 0.25) is 0 Å². The van der Waals surface area contributed by atoms with Crippen LogP contribution in [0.25, 0.3) is 0 Å². The SMILES string of the molecule is CC(C)N(CC#N)C(=O)C1=CCCCO1. The predicted molar refractivity (Wildman–Crippen MR) is 55.7 cm³/mol. The molecule has 1 aliphatic rings. The monoisotopic (exact) mass is 208 g/mol. The maximum Gasteiger partial charge on any atom is 0.289 e.